The summed E-state index contributed by atoms with van der Waals surface area (Å²) in [7, 11) is 0. The van der Waals surface area contributed by atoms with E-state index < -0.39 is 17.6 Å². The van der Waals surface area contributed by atoms with Crippen molar-refractivity contribution in [1.29, 1.82) is 0 Å². The van der Waals surface area contributed by atoms with Gasteiger partial charge in [-0.1, -0.05) is 23.4 Å². The third-order valence-corrected chi connectivity index (χ3v) is 3.82. The summed E-state index contributed by atoms with van der Waals surface area (Å²) in [5, 5.41) is 10.0. The average Bonchev–Trinajstić information content (AvgIpc) is 3.27. The molecule has 136 valence electrons. The number of amides is 1. The molecule has 0 aliphatic heterocycles. The smallest absolute Gasteiger partial charge is 0.354 e. The van der Waals surface area contributed by atoms with Crippen LogP contribution in [-0.2, 0) is 6.18 Å². The van der Waals surface area contributed by atoms with Crippen LogP contribution in [0.3, 0.4) is 0 Å². The van der Waals surface area contributed by atoms with Crippen LogP contribution in [0, 0.1) is 0 Å². The van der Waals surface area contributed by atoms with Gasteiger partial charge in [-0.2, -0.15) is 18.3 Å². The van der Waals surface area contributed by atoms with E-state index in [0.717, 1.165) is 12.3 Å². The summed E-state index contributed by atoms with van der Waals surface area (Å²) in [4.78, 5) is 16.6. The van der Waals surface area contributed by atoms with E-state index in [2.05, 4.69) is 20.6 Å². The molecule has 4 rings (SSSR count). The number of carbonyl (C=O) groups excluding carboxylic acids is 1. The van der Waals surface area contributed by atoms with Crippen LogP contribution in [0.15, 0.2) is 59.6 Å². The highest BCUT2D eigenvalue weighted by Crippen LogP contribution is 2.39. The molecule has 0 aliphatic carbocycles. The molecular formula is C17H10F3N5O2. The number of aromatic nitrogens is 4. The molecule has 1 aromatic carbocycles. The maximum absolute atomic E-state index is 13.3. The fourth-order valence-corrected chi connectivity index (χ4v) is 2.63. The third-order valence-electron chi connectivity index (χ3n) is 3.82. The second-order valence-electron chi connectivity index (χ2n) is 5.51. The van der Waals surface area contributed by atoms with Gasteiger partial charge in [-0.3, -0.25) is 4.79 Å². The largest absolute Gasteiger partial charge is 0.417 e. The lowest BCUT2D eigenvalue weighted by molar-refractivity contribution is -0.137. The molecule has 3 aromatic heterocycles. The van der Waals surface area contributed by atoms with Crippen molar-refractivity contribution in [1.82, 2.24) is 19.8 Å². The summed E-state index contributed by atoms with van der Waals surface area (Å²) in [5.74, 6) is -0.793. The summed E-state index contributed by atoms with van der Waals surface area (Å²) in [6.07, 6.45) is 0.979. The Morgan fingerprint density at radius 2 is 1.96 bits per heavy atom. The Balaban J connectivity index is 1.71. The quantitative estimate of drug-likeness (QED) is 0.592. The Bertz CT molecular complexity index is 1130. The van der Waals surface area contributed by atoms with Crippen molar-refractivity contribution in [2.45, 2.75) is 6.18 Å². The molecule has 0 radical (unpaired) electrons. The predicted molar refractivity (Wildman–Crippen MR) is 87.9 cm³/mol. The van der Waals surface area contributed by atoms with Crippen molar-refractivity contribution in [3.05, 3.63) is 66.2 Å². The van der Waals surface area contributed by atoms with Crippen molar-refractivity contribution in [2.75, 3.05) is 5.32 Å². The van der Waals surface area contributed by atoms with Gasteiger partial charge < -0.3 is 9.84 Å². The van der Waals surface area contributed by atoms with Crippen LogP contribution in [0.2, 0.25) is 0 Å². The van der Waals surface area contributed by atoms with E-state index >= 15 is 0 Å². The van der Waals surface area contributed by atoms with Gasteiger partial charge in [0, 0.05) is 18.0 Å². The van der Waals surface area contributed by atoms with Crippen molar-refractivity contribution < 1.29 is 22.5 Å². The molecular weight excluding hydrogens is 363 g/mol. The van der Waals surface area contributed by atoms with E-state index in [4.69, 9.17) is 4.52 Å². The summed E-state index contributed by atoms with van der Waals surface area (Å²) >= 11 is 0. The minimum absolute atomic E-state index is 0.00646. The van der Waals surface area contributed by atoms with Gasteiger partial charge in [0.15, 0.2) is 11.4 Å². The predicted octanol–water partition coefficient (Wildman–Crippen LogP) is 3.66. The number of benzene rings is 1. The molecule has 4 aromatic rings. The second-order valence-corrected chi connectivity index (χ2v) is 5.51. The van der Waals surface area contributed by atoms with E-state index in [1.54, 1.807) is 12.3 Å². The average molecular weight is 373 g/mol. The number of halogens is 3. The van der Waals surface area contributed by atoms with Gasteiger partial charge in [-0.15, -0.1) is 0 Å². The summed E-state index contributed by atoms with van der Waals surface area (Å²) < 4.78 is 46.2. The first-order valence-electron chi connectivity index (χ1n) is 7.66. The Kier molecular flexibility index (Phi) is 3.87. The molecule has 1 N–H and O–H groups in total. The number of fused-ring (bicyclic) bond motifs is 1. The van der Waals surface area contributed by atoms with Gasteiger partial charge >= 0.3 is 6.18 Å². The third kappa shape index (κ3) is 3.01. The first kappa shape index (κ1) is 16.8. The molecule has 0 atom stereocenters. The van der Waals surface area contributed by atoms with Crippen LogP contribution in [-0.4, -0.2) is 25.7 Å². The van der Waals surface area contributed by atoms with Crippen LogP contribution >= 0.6 is 0 Å². The molecule has 0 bridgehead atoms. The first-order valence-corrected chi connectivity index (χ1v) is 7.66. The number of alkyl halides is 3. The fourth-order valence-electron chi connectivity index (χ4n) is 2.63. The standard InChI is InChI=1S/C17H10F3N5O2/c18-17(19,20)12-5-2-1-4-10(12)14-13(9-23-27-14)24-16(26)11-8-22-25-7-3-6-21-15(11)25/h1-9H,(H,24,26). The van der Waals surface area contributed by atoms with Crippen molar-refractivity contribution in [3.8, 4) is 11.3 Å². The normalized spacial score (nSPS) is 11.7. The summed E-state index contributed by atoms with van der Waals surface area (Å²) in [5.41, 5.74) is -0.645. The SMILES string of the molecule is O=C(Nc1cnoc1-c1ccccc1C(F)(F)F)c1cnn2cccnc12. The molecule has 0 saturated heterocycles. The minimum atomic E-state index is -4.59. The first-order chi connectivity index (χ1) is 12.9. The van der Waals surface area contributed by atoms with Crippen molar-refractivity contribution in [2.24, 2.45) is 0 Å². The lowest BCUT2D eigenvalue weighted by Gasteiger charge is -2.11. The lowest BCUT2D eigenvalue weighted by Crippen LogP contribution is -2.13. The van der Waals surface area contributed by atoms with Crippen LogP contribution in [0.25, 0.3) is 17.0 Å². The molecule has 0 saturated carbocycles. The number of nitrogens with one attached hydrogen (secondary N) is 1. The van der Waals surface area contributed by atoms with Crippen molar-refractivity contribution >= 4 is 17.2 Å². The Morgan fingerprint density at radius 3 is 2.78 bits per heavy atom. The Hall–Kier alpha value is -3.69. The molecule has 27 heavy (non-hydrogen) atoms. The maximum atomic E-state index is 13.3. The van der Waals surface area contributed by atoms with Gasteiger partial charge in [0.2, 0.25) is 0 Å². The van der Waals surface area contributed by atoms with Crippen LogP contribution in [0.5, 0.6) is 0 Å². The van der Waals surface area contributed by atoms with Gasteiger partial charge in [-0.25, -0.2) is 9.50 Å². The van der Waals surface area contributed by atoms with Crippen LogP contribution < -0.4 is 5.32 Å². The monoisotopic (exact) mass is 373 g/mol. The fraction of sp³-hybridized carbons (Fsp3) is 0.0588. The lowest BCUT2D eigenvalue weighted by atomic mass is 10.0. The highest BCUT2D eigenvalue weighted by molar-refractivity contribution is 6.09. The molecule has 10 heteroatoms. The molecule has 1 amide bonds. The summed E-state index contributed by atoms with van der Waals surface area (Å²) in [6, 6.07) is 6.53. The van der Waals surface area contributed by atoms with E-state index in [9.17, 15) is 18.0 Å². The number of hydrogen-bond donors (Lipinski definition) is 1. The molecule has 0 unspecified atom stereocenters. The van der Waals surface area contributed by atoms with E-state index in [0.29, 0.717) is 5.65 Å². The van der Waals surface area contributed by atoms with Gasteiger partial charge in [-0.05, 0) is 12.1 Å². The number of carbonyl (C=O) groups is 1. The maximum Gasteiger partial charge on any atom is 0.417 e. The second kappa shape index (κ2) is 6.24. The van der Waals surface area contributed by atoms with Crippen LogP contribution in [0.4, 0.5) is 18.9 Å². The number of anilines is 1. The minimum Gasteiger partial charge on any atom is -0.354 e. The Labute approximate surface area is 149 Å². The topological polar surface area (TPSA) is 85.3 Å². The zero-order valence-electron chi connectivity index (χ0n) is 13.4. The number of hydrogen-bond acceptors (Lipinski definition) is 5. The highest BCUT2D eigenvalue weighted by atomic mass is 19.4. The summed E-state index contributed by atoms with van der Waals surface area (Å²) in [6.45, 7) is 0. The van der Waals surface area contributed by atoms with Crippen molar-refractivity contribution in [3.63, 3.8) is 0 Å². The molecule has 0 fully saturated rings. The van der Waals surface area contributed by atoms with E-state index in [1.807, 2.05) is 0 Å². The van der Waals surface area contributed by atoms with Gasteiger partial charge in [0.05, 0.1) is 18.0 Å². The Morgan fingerprint density at radius 1 is 1.15 bits per heavy atom. The molecule has 7 nitrogen and oxygen atoms in total. The van der Waals surface area contributed by atoms with Gasteiger partial charge in [0.1, 0.15) is 11.3 Å². The zero-order valence-corrected chi connectivity index (χ0v) is 13.4. The number of nitrogens with zero attached hydrogens (tertiary/aromatic N) is 4. The molecule has 0 spiro atoms. The molecule has 0 aliphatic rings. The highest BCUT2D eigenvalue weighted by Gasteiger charge is 2.35. The van der Waals surface area contributed by atoms with Gasteiger partial charge in [0.25, 0.3) is 5.91 Å². The van der Waals surface area contributed by atoms with Crippen LogP contribution in [0.1, 0.15) is 15.9 Å². The molecule has 3 heterocycles. The van der Waals surface area contributed by atoms with E-state index in [1.165, 1.54) is 35.1 Å². The zero-order chi connectivity index (χ0) is 19.0. The number of rotatable bonds is 3. The van der Waals surface area contributed by atoms with E-state index in [-0.39, 0.29) is 22.6 Å².